The maximum atomic E-state index is 15.2. The van der Waals surface area contributed by atoms with Crippen LogP contribution >= 0.6 is 0 Å². The Morgan fingerprint density at radius 1 is 0.872 bits per heavy atom. The van der Waals surface area contributed by atoms with Gasteiger partial charge in [-0.05, 0) is 51.0 Å². The largest absolute Gasteiger partial charge is 0.444 e. The number of ketones is 1. The Morgan fingerprint density at radius 2 is 1.47 bits per heavy atom. The number of halogens is 2. The zero-order valence-corrected chi connectivity index (χ0v) is 28.8. The lowest BCUT2D eigenvalue weighted by Crippen LogP contribution is -2.58. The summed E-state index contributed by atoms with van der Waals surface area (Å²) in [4.78, 5) is 65.2. The number of hydrogen-bond acceptors (Lipinski definition) is 6. The van der Waals surface area contributed by atoms with E-state index in [1.165, 1.54) is 0 Å². The van der Waals surface area contributed by atoms with Crippen molar-refractivity contribution in [2.24, 2.45) is 11.8 Å². The number of nitrogens with one attached hydrogen (secondary N) is 4. The summed E-state index contributed by atoms with van der Waals surface area (Å²) in [6.45, 7) is 9.26. The molecule has 0 bridgehead atoms. The minimum atomic E-state index is -3.92. The van der Waals surface area contributed by atoms with Crippen LogP contribution < -0.4 is 21.3 Å². The lowest BCUT2D eigenvalue weighted by Gasteiger charge is -2.30. The fourth-order valence-corrected chi connectivity index (χ4v) is 5.59. The van der Waals surface area contributed by atoms with Crippen molar-refractivity contribution in [3.8, 4) is 0 Å². The molecule has 1 fully saturated rings. The summed E-state index contributed by atoms with van der Waals surface area (Å²) in [6, 6.07) is 5.19. The summed E-state index contributed by atoms with van der Waals surface area (Å²) in [7, 11) is 0. The molecule has 3 atom stereocenters. The maximum Gasteiger partial charge on any atom is 0.408 e. The molecule has 10 nitrogen and oxygen atoms in total. The molecule has 0 aromatic heterocycles. The monoisotopic (exact) mass is 664 g/mol. The predicted molar refractivity (Wildman–Crippen MR) is 176 cm³/mol. The highest BCUT2D eigenvalue weighted by molar-refractivity contribution is 5.97. The van der Waals surface area contributed by atoms with Crippen molar-refractivity contribution in [1.29, 1.82) is 0 Å². The number of alkyl carbamates (subject to hydrolysis) is 1. The first-order chi connectivity index (χ1) is 22.0. The van der Waals surface area contributed by atoms with E-state index >= 15 is 8.78 Å². The van der Waals surface area contributed by atoms with Crippen LogP contribution in [0.1, 0.15) is 105 Å². The van der Waals surface area contributed by atoms with Crippen LogP contribution in [0.15, 0.2) is 30.3 Å². The average Bonchev–Trinajstić information content (AvgIpc) is 2.98. The van der Waals surface area contributed by atoms with Crippen molar-refractivity contribution in [3.63, 3.8) is 0 Å². The zero-order valence-electron chi connectivity index (χ0n) is 28.8. The Bertz CT molecular complexity index is 1180. The van der Waals surface area contributed by atoms with Crippen LogP contribution in [0.4, 0.5) is 13.6 Å². The predicted octanol–water partition coefficient (Wildman–Crippen LogP) is 5.23. The van der Waals surface area contributed by atoms with Gasteiger partial charge in [-0.2, -0.15) is 8.78 Å². The third-order valence-corrected chi connectivity index (χ3v) is 7.89. The maximum absolute atomic E-state index is 15.2. The van der Waals surface area contributed by atoms with Gasteiger partial charge in [0, 0.05) is 12.8 Å². The molecule has 2 rings (SSSR count). The molecule has 1 aromatic rings. The van der Waals surface area contributed by atoms with Gasteiger partial charge in [0.15, 0.2) is 0 Å². The molecule has 4 N–H and O–H groups in total. The number of amides is 4. The molecular formula is C35H54F2N4O6. The summed E-state index contributed by atoms with van der Waals surface area (Å²) in [5, 5.41) is 9.94. The summed E-state index contributed by atoms with van der Waals surface area (Å²) in [6.07, 6.45) is 4.32. The number of Topliss-reactive ketones (excluding diaryl/α,β-unsaturated/α-hetero) is 1. The molecule has 47 heavy (non-hydrogen) atoms. The van der Waals surface area contributed by atoms with E-state index in [1.807, 2.05) is 6.07 Å². The van der Waals surface area contributed by atoms with Crippen molar-refractivity contribution in [2.75, 3.05) is 6.54 Å². The number of carbonyl (C=O) groups is 5. The molecule has 4 amide bonds. The molecule has 264 valence electrons. The summed E-state index contributed by atoms with van der Waals surface area (Å²) >= 11 is 0. The van der Waals surface area contributed by atoms with Crippen LogP contribution in [-0.4, -0.2) is 65.8 Å². The van der Waals surface area contributed by atoms with E-state index in [-0.39, 0.29) is 37.5 Å². The van der Waals surface area contributed by atoms with Gasteiger partial charge in [-0.3, -0.25) is 19.2 Å². The Balaban J connectivity index is 2.25. The second kappa shape index (κ2) is 18.7. The topological polar surface area (TPSA) is 143 Å². The number of carbonyl (C=O) groups excluding carboxylic acids is 5. The number of rotatable bonds is 17. The van der Waals surface area contributed by atoms with E-state index in [2.05, 4.69) is 21.3 Å². The van der Waals surface area contributed by atoms with Gasteiger partial charge < -0.3 is 26.0 Å². The van der Waals surface area contributed by atoms with Crippen LogP contribution in [0.25, 0.3) is 0 Å². The van der Waals surface area contributed by atoms with E-state index < -0.39 is 65.8 Å². The highest BCUT2D eigenvalue weighted by Crippen LogP contribution is 2.29. The standard InChI is InChI=1S/C35H54F2N4O6/c1-7-14-26(39-32(45)28(21-25-17-12-9-13-18-25)41-33(46)47-34(4,5)6)31(44)40-27(20-24-15-10-8-11-16-24)30(43)35(36,37)22-38-29(42)19-23(2)3/h9,12-13,17-18,23-24,26-28H,7-8,10-11,14-16,19-22H2,1-6H3,(H,38,42)(H,39,45)(H,40,44)(H,41,46)/t26-,27-,28-/m0/s1. The van der Waals surface area contributed by atoms with E-state index in [9.17, 15) is 24.0 Å². The number of benzene rings is 1. The lowest BCUT2D eigenvalue weighted by molar-refractivity contribution is -0.148. The first kappa shape index (κ1) is 39.6. The first-order valence-electron chi connectivity index (χ1n) is 16.8. The normalized spacial score (nSPS) is 16.0. The van der Waals surface area contributed by atoms with Gasteiger partial charge in [-0.1, -0.05) is 89.6 Å². The van der Waals surface area contributed by atoms with Crippen molar-refractivity contribution < 1.29 is 37.5 Å². The van der Waals surface area contributed by atoms with Crippen LogP contribution in [0.2, 0.25) is 0 Å². The van der Waals surface area contributed by atoms with Crippen molar-refractivity contribution >= 4 is 29.6 Å². The highest BCUT2D eigenvalue weighted by Gasteiger charge is 2.45. The van der Waals surface area contributed by atoms with E-state index in [4.69, 9.17) is 4.74 Å². The van der Waals surface area contributed by atoms with E-state index in [0.717, 1.165) is 37.7 Å². The van der Waals surface area contributed by atoms with Gasteiger partial charge in [-0.25, -0.2) is 4.79 Å². The number of hydrogen-bond donors (Lipinski definition) is 4. The second-order valence-electron chi connectivity index (χ2n) is 14.0. The van der Waals surface area contributed by atoms with Crippen LogP contribution in [-0.2, 0) is 30.3 Å². The van der Waals surface area contributed by atoms with Crippen LogP contribution in [0, 0.1) is 11.8 Å². The van der Waals surface area contributed by atoms with E-state index in [1.54, 1.807) is 65.8 Å². The van der Waals surface area contributed by atoms with Crippen molar-refractivity contribution in [1.82, 2.24) is 21.3 Å². The highest BCUT2D eigenvalue weighted by atomic mass is 19.3. The Morgan fingerprint density at radius 3 is 2.04 bits per heavy atom. The average molecular weight is 665 g/mol. The van der Waals surface area contributed by atoms with Gasteiger partial charge in [0.1, 0.15) is 17.7 Å². The van der Waals surface area contributed by atoms with Gasteiger partial charge >= 0.3 is 12.0 Å². The molecule has 1 aromatic carbocycles. The van der Waals surface area contributed by atoms with Crippen molar-refractivity contribution in [3.05, 3.63) is 35.9 Å². The van der Waals surface area contributed by atoms with Gasteiger partial charge in [0.05, 0.1) is 12.6 Å². The molecular weight excluding hydrogens is 610 g/mol. The fourth-order valence-electron chi connectivity index (χ4n) is 5.59. The first-order valence-corrected chi connectivity index (χ1v) is 16.8. The minimum absolute atomic E-state index is 0.0307. The smallest absolute Gasteiger partial charge is 0.408 e. The molecule has 0 unspecified atom stereocenters. The number of alkyl halides is 2. The van der Waals surface area contributed by atoms with Crippen LogP contribution in [0.3, 0.4) is 0 Å². The second-order valence-corrected chi connectivity index (χ2v) is 14.0. The Kier molecular flexibility index (Phi) is 15.7. The van der Waals surface area contributed by atoms with Gasteiger partial charge in [0.25, 0.3) is 0 Å². The van der Waals surface area contributed by atoms with Crippen molar-refractivity contribution in [2.45, 2.75) is 135 Å². The summed E-state index contributed by atoms with van der Waals surface area (Å²) in [5.74, 6) is -7.49. The SMILES string of the molecule is CCC[C@H](NC(=O)[C@H](Cc1ccccc1)NC(=O)OC(C)(C)C)C(=O)N[C@@H](CC1CCCCC1)C(=O)C(F)(F)CNC(=O)CC(C)C. The minimum Gasteiger partial charge on any atom is -0.444 e. The molecule has 12 heteroatoms. The third kappa shape index (κ3) is 14.8. The Labute approximate surface area is 277 Å². The quantitative estimate of drug-likeness (QED) is 0.180. The lowest BCUT2D eigenvalue weighted by atomic mass is 9.83. The zero-order chi connectivity index (χ0) is 35.2. The Hall–Kier alpha value is -3.57. The molecule has 0 aliphatic heterocycles. The molecule has 0 saturated heterocycles. The van der Waals surface area contributed by atoms with E-state index in [0.29, 0.717) is 6.42 Å². The summed E-state index contributed by atoms with van der Waals surface area (Å²) < 4.78 is 35.8. The molecule has 0 spiro atoms. The summed E-state index contributed by atoms with van der Waals surface area (Å²) in [5.41, 5.74) is -0.0668. The number of ether oxygens (including phenoxy) is 1. The van der Waals surface area contributed by atoms with Gasteiger partial charge in [0.2, 0.25) is 23.5 Å². The van der Waals surface area contributed by atoms with Gasteiger partial charge in [-0.15, -0.1) is 0 Å². The molecule has 0 heterocycles. The van der Waals surface area contributed by atoms with Crippen LogP contribution in [0.5, 0.6) is 0 Å². The molecule has 1 aliphatic carbocycles. The molecule has 1 aliphatic rings. The molecule has 1 saturated carbocycles. The fraction of sp³-hybridized carbons (Fsp3) is 0.686. The third-order valence-electron chi connectivity index (χ3n) is 7.89. The molecule has 0 radical (unpaired) electrons.